The Morgan fingerprint density at radius 1 is 0.237 bits per heavy atom. The van der Waals surface area contributed by atoms with Gasteiger partial charge in [0.2, 0.25) is 0 Å². The summed E-state index contributed by atoms with van der Waals surface area (Å²) in [5.74, 6) is 0.678. The van der Waals surface area contributed by atoms with Crippen molar-refractivity contribution in [1.82, 2.24) is 28.2 Å². The molecule has 0 radical (unpaired) electrons. The number of hydrogen-bond acceptors (Lipinski definition) is 2. The topological polar surface area (TPSA) is 45.5 Å². The van der Waals surface area contributed by atoms with Crippen molar-refractivity contribution in [2.75, 3.05) is 0 Å². The Morgan fingerprint density at radius 3 is 1.33 bits per heavy atom. The second-order valence-corrected chi connectivity index (χ2v) is 19.7. The quantitative estimate of drug-likeness (QED) is 0.160. The summed E-state index contributed by atoms with van der Waals surface area (Å²) in [7, 11) is 0. The second kappa shape index (κ2) is 16.6. The maximum absolute atomic E-state index is 5.54. The van der Waals surface area contributed by atoms with Crippen molar-refractivity contribution in [2.24, 2.45) is 0 Å². The summed E-state index contributed by atoms with van der Waals surface area (Å²) >= 11 is 0. The molecule has 0 atom stereocenters. The van der Waals surface area contributed by atoms with E-state index in [-0.39, 0.29) is 0 Å². The number of hydrogen-bond donors (Lipinski definition) is 0. The highest BCUT2D eigenvalue weighted by atomic mass is 15.0. The summed E-state index contributed by atoms with van der Waals surface area (Å²) in [6.45, 7) is 0. The first-order valence-electron chi connectivity index (χ1n) is 25.9. The molecule has 5 heterocycles. The molecule has 0 aliphatic rings. The van der Waals surface area contributed by atoms with Crippen LogP contribution < -0.4 is 0 Å². The van der Waals surface area contributed by atoms with Crippen molar-refractivity contribution < 1.29 is 0 Å². The summed E-state index contributed by atoms with van der Waals surface area (Å²) in [5.41, 5.74) is 18.3. The number of para-hydroxylation sites is 6. The molecule has 6 nitrogen and oxygen atoms in total. The molecular formula is C70H44N6. The summed E-state index contributed by atoms with van der Waals surface area (Å²) < 4.78 is 9.88. The summed E-state index contributed by atoms with van der Waals surface area (Å²) in [6.07, 6.45) is 0. The van der Waals surface area contributed by atoms with Crippen LogP contribution in [0.2, 0.25) is 0 Å². The Kier molecular flexibility index (Phi) is 9.23. The molecule has 16 aromatic rings. The highest BCUT2D eigenvalue weighted by Crippen LogP contribution is 2.48. The minimum Gasteiger partial charge on any atom is -0.309 e. The molecule has 0 aliphatic heterocycles. The van der Waals surface area contributed by atoms with Crippen LogP contribution in [0.15, 0.2) is 267 Å². The molecule has 0 spiro atoms. The van der Waals surface area contributed by atoms with Gasteiger partial charge in [0.05, 0.1) is 55.5 Å². The fraction of sp³-hybridized carbons (Fsp3) is 0. The first-order chi connectivity index (χ1) is 37.7. The van der Waals surface area contributed by atoms with Gasteiger partial charge < -0.3 is 18.3 Å². The molecule has 76 heavy (non-hydrogen) atoms. The van der Waals surface area contributed by atoms with E-state index < -0.39 is 0 Å². The third-order valence-corrected chi connectivity index (χ3v) is 15.5. The van der Waals surface area contributed by atoms with Crippen molar-refractivity contribution in [3.8, 4) is 56.7 Å². The van der Waals surface area contributed by atoms with Crippen molar-refractivity contribution in [1.29, 1.82) is 0 Å². The fourth-order valence-electron chi connectivity index (χ4n) is 12.4. The number of aromatic nitrogens is 6. The van der Waals surface area contributed by atoms with Crippen LogP contribution in [-0.2, 0) is 0 Å². The first-order valence-corrected chi connectivity index (χ1v) is 25.9. The molecule has 5 aromatic heterocycles. The maximum Gasteiger partial charge on any atom is 0.160 e. The number of benzene rings is 11. The molecule has 0 saturated carbocycles. The smallest absolute Gasteiger partial charge is 0.160 e. The summed E-state index contributed by atoms with van der Waals surface area (Å²) in [4.78, 5) is 10.8. The fourth-order valence-corrected chi connectivity index (χ4v) is 12.4. The lowest BCUT2D eigenvalue weighted by molar-refractivity contribution is 1.16. The maximum atomic E-state index is 5.54. The van der Waals surface area contributed by atoms with E-state index in [0.717, 1.165) is 100.0 Å². The highest BCUT2D eigenvalue weighted by Gasteiger charge is 2.27. The molecule has 16 rings (SSSR count). The van der Waals surface area contributed by atoms with Crippen LogP contribution in [0, 0.1) is 0 Å². The summed E-state index contributed by atoms with van der Waals surface area (Å²) in [6, 6.07) is 96.2. The molecule has 0 N–H and O–H groups in total. The van der Waals surface area contributed by atoms with Crippen LogP contribution in [0.3, 0.4) is 0 Å². The lowest BCUT2D eigenvalue weighted by Gasteiger charge is -2.14. The molecule has 6 heteroatoms. The Labute approximate surface area is 436 Å². The van der Waals surface area contributed by atoms with E-state index in [2.05, 4.69) is 279 Å². The van der Waals surface area contributed by atoms with E-state index in [1.165, 1.54) is 38.1 Å². The van der Waals surface area contributed by atoms with Gasteiger partial charge in [-0.1, -0.05) is 176 Å². The zero-order chi connectivity index (χ0) is 49.8. The monoisotopic (exact) mass is 968 g/mol. The molecule has 0 aliphatic carbocycles. The zero-order valence-electron chi connectivity index (χ0n) is 41.1. The van der Waals surface area contributed by atoms with E-state index in [0.29, 0.717) is 5.82 Å². The molecule has 0 saturated heterocycles. The zero-order valence-corrected chi connectivity index (χ0v) is 41.1. The SMILES string of the molecule is c1ccc(-c2cc(-c3cc4c(c5cc(-n6c7ccccc7c7ccc8c(c9ccccc9n8-c8ccccc8)c76)ccc5n4-c4ccccc4)c4c3c3ccccc3n4-c3ccccc3)nc(-c3ccccc3)n2)cc1. The van der Waals surface area contributed by atoms with Crippen molar-refractivity contribution in [3.05, 3.63) is 267 Å². The lowest BCUT2D eigenvalue weighted by atomic mass is 9.98. The van der Waals surface area contributed by atoms with Crippen molar-refractivity contribution in [3.63, 3.8) is 0 Å². The highest BCUT2D eigenvalue weighted by molar-refractivity contribution is 6.31. The Balaban J connectivity index is 1.08. The molecule has 11 aromatic carbocycles. The number of fused-ring (bicyclic) bond motifs is 14. The van der Waals surface area contributed by atoms with E-state index in [4.69, 9.17) is 9.97 Å². The van der Waals surface area contributed by atoms with Crippen molar-refractivity contribution in [2.45, 2.75) is 0 Å². The predicted octanol–water partition coefficient (Wildman–Crippen LogP) is 17.9. The van der Waals surface area contributed by atoms with Crippen LogP contribution in [-0.4, -0.2) is 28.2 Å². The largest absolute Gasteiger partial charge is 0.309 e. The van der Waals surface area contributed by atoms with E-state index in [1.54, 1.807) is 0 Å². The van der Waals surface area contributed by atoms with E-state index in [1.807, 2.05) is 6.07 Å². The van der Waals surface area contributed by atoms with Gasteiger partial charge in [0.15, 0.2) is 5.82 Å². The summed E-state index contributed by atoms with van der Waals surface area (Å²) in [5, 5.41) is 9.47. The second-order valence-electron chi connectivity index (χ2n) is 19.7. The average Bonchev–Trinajstić information content (AvgIpc) is 4.36. The van der Waals surface area contributed by atoms with Gasteiger partial charge in [0, 0.05) is 82.5 Å². The number of rotatable bonds is 7. The van der Waals surface area contributed by atoms with Gasteiger partial charge in [0.1, 0.15) is 0 Å². The average molecular weight is 969 g/mol. The van der Waals surface area contributed by atoms with E-state index in [9.17, 15) is 0 Å². The van der Waals surface area contributed by atoms with Crippen LogP contribution in [0.5, 0.6) is 0 Å². The van der Waals surface area contributed by atoms with Crippen LogP contribution in [0.1, 0.15) is 0 Å². The third-order valence-electron chi connectivity index (χ3n) is 15.5. The molecule has 0 fully saturated rings. The van der Waals surface area contributed by atoms with Gasteiger partial charge in [-0.15, -0.1) is 0 Å². The van der Waals surface area contributed by atoms with Crippen LogP contribution in [0.25, 0.3) is 144 Å². The van der Waals surface area contributed by atoms with Gasteiger partial charge in [0.25, 0.3) is 0 Å². The minimum atomic E-state index is 0.678. The van der Waals surface area contributed by atoms with E-state index >= 15 is 0 Å². The van der Waals surface area contributed by atoms with Gasteiger partial charge in [-0.3, -0.25) is 0 Å². The molecule has 0 unspecified atom stereocenters. The lowest BCUT2D eigenvalue weighted by Crippen LogP contribution is -1.98. The van der Waals surface area contributed by atoms with Crippen molar-refractivity contribution >= 4 is 87.2 Å². The van der Waals surface area contributed by atoms with Gasteiger partial charge in [-0.05, 0) is 91.0 Å². The number of nitrogens with zero attached hydrogens (tertiary/aromatic N) is 6. The standard InChI is InChI=1S/C70H44N6/c1-6-22-45(23-7-1)57-44-58(72-70(71-57)46-24-8-2-9-25-46)55-43-64-67(69-65(55)53-33-17-21-37-61(53)75(69)49-30-14-5-15-31-49)56-42-50(38-40-62(56)74(64)48-28-12-4-13-29-48)76-59-35-19-16-32-51(59)52-39-41-63-66(68(52)76)54-34-18-20-36-60(54)73(63)47-26-10-3-11-27-47/h1-44H. The molecule has 0 amide bonds. The molecule has 0 bridgehead atoms. The minimum absolute atomic E-state index is 0.678. The Morgan fingerprint density at radius 2 is 0.684 bits per heavy atom. The molecule has 354 valence electrons. The molecular weight excluding hydrogens is 925 g/mol. The van der Waals surface area contributed by atoms with Crippen LogP contribution in [0.4, 0.5) is 0 Å². The van der Waals surface area contributed by atoms with Gasteiger partial charge in [-0.2, -0.15) is 0 Å². The predicted molar refractivity (Wildman–Crippen MR) is 316 cm³/mol. The Hall–Kier alpha value is -10.3. The van der Waals surface area contributed by atoms with Gasteiger partial charge >= 0.3 is 0 Å². The normalized spacial score (nSPS) is 11.9. The third kappa shape index (κ3) is 6.22. The Bertz CT molecular complexity index is 4890. The first kappa shape index (κ1) is 42.2. The van der Waals surface area contributed by atoms with Gasteiger partial charge in [-0.25, -0.2) is 9.97 Å². The van der Waals surface area contributed by atoms with Crippen LogP contribution >= 0.6 is 0 Å².